The van der Waals surface area contributed by atoms with Crippen LogP contribution in [0.15, 0.2) is 18.3 Å². The second-order valence-corrected chi connectivity index (χ2v) is 2.87. The third-order valence-corrected chi connectivity index (χ3v) is 1.93. The van der Waals surface area contributed by atoms with Gasteiger partial charge in [0, 0.05) is 6.20 Å². The lowest BCUT2D eigenvalue weighted by molar-refractivity contribution is -0.108. The smallest absolute Gasteiger partial charge is 0.128 e. The highest BCUT2D eigenvalue weighted by Crippen LogP contribution is 2.09. The summed E-state index contributed by atoms with van der Waals surface area (Å²) < 4.78 is 0. The van der Waals surface area contributed by atoms with Crippen LogP contribution >= 0.6 is 0 Å². The van der Waals surface area contributed by atoms with Gasteiger partial charge >= 0.3 is 0 Å². The Labute approximate surface area is 72.6 Å². The molecule has 0 spiro atoms. The zero-order valence-electron chi connectivity index (χ0n) is 7.45. The van der Waals surface area contributed by atoms with E-state index >= 15 is 0 Å². The standard InChI is InChI=1S/C10H13NO/c1-3-9-4-5-10(11-6-9)8(2)7-12/h4-8H,3H2,1-2H3. The van der Waals surface area contributed by atoms with Crippen LogP contribution < -0.4 is 0 Å². The number of hydrogen-bond acceptors (Lipinski definition) is 2. The molecule has 0 amide bonds. The molecule has 1 heterocycles. The number of hydrogen-bond donors (Lipinski definition) is 0. The Hall–Kier alpha value is -1.18. The lowest BCUT2D eigenvalue weighted by atomic mass is 10.1. The predicted octanol–water partition coefficient (Wildman–Crippen LogP) is 1.95. The summed E-state index contributed by atoms with van der Waals surface area (Å²) in [6, 6.07) is 3.93. The van der Waals surface area contributed by atoms with E-state index in [-0.39, 0.29) is 5.92 Å². The topological polar surface area (TPSA) is 30.0 Å². The summed E-state index contributed by atoms with van der Waals surface area (Å²) in [7, 11) is 0. The van der Waals surface area contributed by atoms with Crippen LogP contribution in [0.5, 0.6) is 0 Å². The van der Waals surface area contributed by atoms with Gasteiger partial charge in [0.05, 0.1) is 11.6 Å². The number of aromatic nitrogens is 1. The number of pyridine rings is 1. The van der Waals surface area contributed by atoms with E-state index in [1.54, 1.807) is 0 Å². The lowest BCUT2D eigenvalue weighted by Gasteiger charge is -2.02. The molecular formula is C10H13NO. The molecule has 1 atom stereocenters. The maximum Gasteiger partial charge on any atom is 0.128 e. The van der Waals surface area contributed by atoms with Crippen molar-refractivity contribution in [1.82, 2.24) is 4.98 Å². The van der Waals surface area contributed by atoms with Gasteiger partial charge in [-0.15, -0.1) is 0 Å². The number of carbonyl (C=O) groups excluding carboxylic acids is 1. The van der Waals surface area contributed by atoms with Gasteiger partial charge in [0.2, 0.25) is 0 Å². The van der Waals surface area contributed by atoms with E-state index in [9.17, 15) is 4.79 Å². The first-order valence-electron chi connectivity index (χ1n) is 4.18. The van der Waals surface area contributed by atoms with Crippen LogP contribution in [0.1, 0.15) is 31.0 Å². The van der Waals surface area contributed by atoms with Crippen molar-refractivity contribution in [1.29, 1.82) is 0 Å². The summed E-state index contributed by atoms with van der Waals surface area (Å²) in [5.41, 5.74) is 2.05. The molecule has 0 N–H and O–H groups in total. The lowest BCUT2D eigenvalue weighted by Crippen LogP contribution is -1.97. The maximum absolute atomic E-state index is 10.4. The van der Waals surface area contributed by atoms with Gasteiger partial charge in [-0.2, -0.15) is 0 Å². The predicted molar refractivity (Wildman–Crippen MR) is 48.1 cm³/mol. The van der Waals surface area contributed by atoms with Crippen LogP contribution in [-0.2, 0) is 11.2 Å². The van der Waals surface area contributed by atoms with Gasteiger partial charge < -0.3 is 4.79 Å². The monoisotopic (exact) mass is 163 g/mol. The molecular weight excluding hydrogens is 150 g/mol. The molecule has 12 heavy (non-hydrogen) atoms. The minimum absolute atomic E-state index is 0.0871. The molecule has 0 saturated carbocycles. The Bertz CT molecular complexity index is 253. The van der Waals surface area contributed by atoms with Crippen LogP contribution in [-0.4, -0.2) is 11.3 Å². The first-order valence-corrected chi connectivity index (χ1v) is 4.18. The van der Waals surface area contributed by atoms with Crippen molar-refractivity contribution in [2.24, 2.45) is 0 Å². The number of nitrogens with zero attached hydrogens (tertiary/aromatic N) is 1. The van der Waals surface area contributed by atoms with E-state index < -0.39 is 0 Å². The molecule has 1 rings (SSSR count). The van der Waals surface area contributed by atoms with Gasteiger partial charge in [0.1, 0.15) is 6.29 Å². The second kappa shape index (κ2) is 4.00. The molecule has 1 unspecified atom stereocenters. The molecule has 0 radical (unpaired) electrons. The Kier molecular flexibility index (Phi) is 2.97. The fraction of sp³-hybridized carbons (Fsp3) is 0.400. The molecule has 0 aliphatic carbocycles. The van der Waals surface area contributed by atoms with Crippen molar-refractivity contribution >= 4 is 6.29 Å². The van der Waals surface area contributed by atoms with E-state index in [1.165, 1.54) is 5.56 Å². The molecule has 0 aliphatic rings. The quantitative estimate of drug-likeness (QED) is 0.637. The van der Waals surface area contributed by atoms with Crippen LogP contribution in [0.3, 0.4) is 0 Å². The largest absolute Gasteiger partial charge is 0.303 e. The third-order valence-electron chi connectivity index (χ3n) is 1.93. The van der Waals surface area contributed by atoms with Gasteiger partial charge in [-0.3, -0.25) is 4.98 Å². The Morgan fingerprint density at radius 1 is 1.58 bits per heavy atom. The van der Waals surface area contributed by atoms with Crippen LogP contribution in [0.4, 0.5) is 0 Å². The molecule has 0 aromatic carbocycles. The fourth-order valence-corrected chi connectivity index (χ4v) is 0.984. The Morgan fingerprint density at radius 2 is 2.33 bits per heavy atom. The van der Waals surface area contributed by atoms with Crippen molar-refractivity contribution in [3.05, 3.63) is 29.6 Å². The van der Waals surface area contributed by atoms with Gasteiger partial charge in [0.25, 0.3) is 0 Å². The second-order valence-electron chi connectivity index (χ2n) is 2.87. The maximum atomic E-state index is 10.4. The number of rotatable bonds is 3. The molecule has 0 saturated heterocycles. The molecule has 1 aromatic heterocycles. The summed E-state index contributed by atoms with van der Waals surface area (Å²) >= 11 is 0. The van der Waals surface area contributed by atoms with Gasteiger partial charge in [-0.05, 0) is 18.1 Å². The van der Waals surface area contributed by atoms with E-state index in [0.717, 1.165) is 18.4 Å². The fourth-order valence-electron chi connectivity index (χ4n) is 0.984. The van der Waals surface area contributed by atoms with Crippen molar-refractivity contribution in [2.75, 3.05) is 0 Å². The van der Waals surface area contributed by atoms with Crippen LogP contribution in [0.2, 0.25) is 0 Å². The van der Waals surface area contributed by atoms with Gasteiger partial charge in [0.15, 0.2) is 0 Å². The molecule has 2 heteroatoms. The summed E-state index contributed by atoms with van der Waals surface area (Å²) in [6.45, 7) is 3.93. The van der Waals surface area contributed by atoms with Gasteiger partial charge in [-0.1, -0.05) is 19.9 Å². The Balaban J connectivity index is 2.84. The molecule has 2 nitrogen and oxygen atoms in total. The first-order chi connectivity index (χ1) is 5.77. The third kappa shape index (κ3) is 1.91. The van der Waals surface area contributed by atoms with Crippen molar-refractivity contribution in [3.63, 3.8) is 0 Å². The first kappa shape index (κ1) is 8.91. The molecule has 0 fully saturated rings. The zero-order valence-corrected chi connectivity index (χ0v) is 7.45. The van der Waals surface area contributed by atoms with Crippen LogP contribution in [0.25, 0.3) is 0 Å². The minimum atomic E-state index is -0.0871. The summed E-state index contributed by atoms with van der Waals surface area (Å²) in [5, 5.41) is 0. The Morgan fingerprint density at radius 3 is 2.75 bits per heavy atom. The van der Waals surface area contributed by atoms with E-state index in [1.807, 2.05) is 25.3 Å². The van der Waals surface area contributed by atoms with E-state index in [4.69, 9.17) is 0 Å². The van der Waals surface area contributed by atoms with Gasteiger partial charge in [-0.25, -0.2) is 0 Å². The highest BCUT2D eigenvalue weighted by molar-refractivity contribution is 5.60. The van der Waals surface area contributed by atoms with Crippen molar-refractivity contribution < 1.29 is 4.79 Å². The average molecular weight is 163 g/mol. The molecule has 1 aromatic rings. The minimum Gasteiger partial charge on any atom is -0.303 e. The van der Waals surface area contributed by atoms with E-state index in [2.05, 4.69) is 11.9 Å². The van der Waals surface area contributed by atoms with Crippen LogP contribution in [0, 0.1) is 0 Å². The normalized spacial score (nSPS) is 12.5. The highest BCUT2D eigenvalue weighted by Gasteiger charge is 2.03. The van der Waals surface area contributed by atoms with E-state index in [0.29, 0.717) is 0 Å². The molecule has 64 valence electrons. The summed E-state index contributed by atoms with van der Waals surface area (Å²) in [4.78, 5) is 14.6. The van der Waals surface area contributed by atoms with Crippen molar-refractivity contribution in [2.45, 2.75) is 26.2 Å². The summed E-state index contributed by atoms with van der Waals surface area (Å²) in [5.74, 6) is -0.0871. The SMILES string of the molecule is CCc1ccc(C(C)C=O)nc1. The zero-order chi connectivity index (χ0) is 8.97. The van der Waals surface area contributed by atoms with Crippen molar-refractivity contribution in [3.8, 4) is 0 Å². The average Bonchev–Trinajstić information content (AvgIpc) is 2.17. The molecule has 0 aliphatic heterocycles. The number of carbonyl (C=O) groups is 1. The summed E-state index contributed by atoms with van der Waals surface area (Å²) in [6.07, 6.45) is 3.73. The highest BCUT2D eigenvalue weighted by atomic mass is 16.1. The number of aldehydes is 1. The molecule has 0 bridgehead atoms. The number of aryl methyl sites for hydroxylation is 1.